The van der Waals surface area contributed by atoms with Gasteiger partial charge >= 0.3 is 0 Å². The van der Waals surface area contributed by atoms with E-state index in [1.165, 1.54) is 11.1 Å². The zero-order valence-electron chi connectivity index (χ0n) is 5.96. The van der Waals surface area contributed by atoms with Gasteiger partial charge in [-0.05, 0) is 23.6 Å². The van der Waals surface area contributed by atoms with Crippen LogP contribution in [-0.2, 0) is 6.42 Å². The maximum Gasteiger partial charge on any atom is 0.0835 e. The first-order chi connectivity index (χ1) is 4.79. The fourth-order valence-electron chi connectivity index (χ4n) is 1.58. The van der Waals surface area contributed by atoms with E-state index in [2.05, 4.69) is 6.07 Å². The van der Waals surface area contributed by atoms with Crippen molar-refractivity contribution in [3.8, 4) is 0 Å². The first kappa shape index (κ1) is 5.93. The smallest absolute Gasteiger partial charge is 0.0835 e. The summed E-state index contributed by atoms with van der Waals surface area (Å²) in [5.74, 6) is 0. The second-order valence-electron chi connectivity index (χ2n) is 2.87. The van der Waals surface area contributed by atoms with Crippen molar-refractivity contribution in [1.29, 1.82) is 0 Å². The minimum Gasteiger partial charge on any atom is -0.388 e. The molecule has 0 fully saturated rings. The van der Waals surface area contributed by atoms with E-state index >= 15 is 0 Å². The number of hydrogen-bond acceptors (Lipinski definition) is 1. The molecule has 1 nitrogen and oxygen atoms in total. The van der Waals surface area contributed by atoms with Crippen molar-refractivity contribution >= 4 is 0 Å². The van der Waals surface area contributed by atoms with E-state index in [1.54, 1.807) is 0 Å². The van der Waals surface area contributed by atoms with Crippen molar-refractivity contribution in [2.45, 2.75) is 19.4 Å². The van der Waals surface area contributed by atoms with E-state index in [1.807, 2.05) is 19.1 Å². The summed E-state index contributed by atoms with van der Waals surface area (Å²) < 4.78 is 0. The molecule has 0 aliphatic heterocycles. The summed E-state index contributed by atoms with van der Waals surface area (Å²) in [4.78, 5) is 0. The van der Waals surface area contributed by atoms with E-state index in [9.17, 15) is 5.11 Å². The van der Waals surface area contributed by atoms with Gasteiger partial charge in [-0.3, -0.25) is 0 Å². The third kappa shape index (κ3) is 0.611. The quantitative estimate of drug-likeness (QED) is 0.571. The van der Waals surface area contributed by atoms with Gasteiger partial charge < -0.3 is 5.11 Å². The monoisotopic (exact) mass is 134 g/mol. The molecule has 0 saturated heterocycles. The Morgan fingerprint density at radius 3 is 2.80 bits per heavy atom. The molecule has 0 spiro atoms. The third-order valence-corrected chi connectivity index (χ3v) is 2.16. The van der Waals surface area contributed by atoms with Crippen LogP contribution < -0.4 is 0 Å². The van der Waals surface area contributed by atoms with Gasteiger partial charge in [0.2, 0.25) is 0 Å². The zero-order chi connectivity index (χ0) is 7.14. The molecule has 10 heavy (non-hydrogen) atoms. The van der Waals surface area contributed by atoms with Crippen molar-refractivity contribution in [1.82, 2.24) is 0 Å². The molecular formula is C9H10O. The van der Waals surface area contributed by atoms with Gasteiger partial charge in [0, 0.05) is 6.42 Å². The molecular weight excluding hydrogens is 124 g/mol. The largest absolute Gasteiger partial charge is 0.388 e. The summed E-state index contributed by atoms with van der Waals surface area (Å²) in [6.07, 6.45) is 0.660. The van der Waals surface area contributed by atoms with Gasteiger partial charge in [0.1, 0.15) is 0 Å². The lowest BCUT2D eigenvalue weighted by atomic mass is 9.83. The maximum atomic E-state index is 9.28. The number of aliphatic hydroxyl groups is 1. The summed E-state index contributed by atoms with van der Waals surface area (Å²) >= 11 is 0. The van der Waals surface area contributed by atoms with Crippen molar-refractivity contribution in [2.75, 3.05) is 0 Å². The molecule has 0 amide bonds. The molecule has 1 aliphatic rings. The number of fused-ring (bicyclic) bond motifs is 1. The van der Waals surface area contributed by atoms with Crippen LogP contribution in [0.4, 0.5) is 0 Å². The molecule has 0 heterocycles. The van der Waals surface area contributed by atoms with E-state index < -0.39 is 0 Å². The molecule has 1 aromatic rings. The minimum absolute atomic E-state index is 0.184. The molecule has 1 unspecified atom stereocenters. The molecule has 1 aromatic carbocycles. The highest BCUT2D eigenvalue weighted by Gasteiger charge is 2.24. The predicted molar refractivity (Wildman–Crippen MR) is 39.8 cm³/mol. The Bertz CT molecular complexity index is 251. The summed E-state index contributed by atoms with van der Waals surface area (Å²) in [6.45, 7) is 2.04. The summed E-state index contributed by atoms with van der Waals surface area (Å²) in [6, 6.07) is 6.16. The Hall–Kier alpha value is -0.820. The van der Waals surface area contributed by atoms with Crippen LogP contribution in [0.15, 0.2) is 18.2 Å². The number of rotatable bonds is 0. The second kappa shape index (κ2) is 1.83. The molecule has 0 saturated carbocycles. The van der Waals surface area contributed by atoms with Crippen molar-refractivity contribution < 1.29 is 5.11 Å². The summed E-state index contributed by atoms with van der Waals surface area (Å²) in [5.41, 5.74) is 3.69. The normalized spacial score (nSPS) is 21.6. The topological polar surface area (TPSA) is 20.2 Å². The van der Waals surface area contributed by atoms with Gasteiger partial charge in [-0.2, -0.15) is 0 Å². The minimum atomic E-state index is -0.184. The molecule has 1 atom stereocenters. The van der Waals surface area contributed by atoms with Crippen LogP contribution in [0.5, 0.6) is 0 Å². The zero-order valence-corrected chi connectivity index (χ0v) is 5.96. The number of aryl methyl sites for hydroxylation is 1. The van der Waals surface area contributed by atoms with Crippen LogP contribution in [0.2, 0.25) is 0 Å². The SMILES string of the molecule is Cc1cccc2c1C(O)C2. The van der Waals surface area contributed by atoms with Crippen molar-refractivity contribution in [2.24, 2.45) is 0 Å². The van der Waals surface area contributed by atoms with Gasteiger partial charge in [0.25, 0.3) is 0 Å². The van der Waals surface area contributed by atoms with Crippen molar-refractivity contribution in [3.63, 3.8) is 0 Å². The lowest BCUT2D eigenvalue weighted by Gasteiger charge is -2.27. The molecule has 0 radical (unpaired) electrons. The highest BCUT2D eigenvalue weighted by Crippen LogP contribution is 2.34. The fourth-order valence-corrected chi connectivity index (χ4v) is 1.58. The lowest BCUT2D eigenvalue weighted by molar-refractivity contribution is 0.153. The average molecular weight is 134 g/mol. The van der Waals surface area contributed by atoms with Gasteiger partial charge in [0.05, 0.1) is 6.10 Å². The number of hydrogen-bond donors (Lipinski definition) is 1. The highest BCUT2D eigenvalue weighted by molar-refractivity contribution is 5.43. The van der Waals surface area contributed by atoms with Gasteiger partial charge in [-0.15, -0.1) is 0 Å². The van der Waals surface area contributed by atoms with E-state index in [4.69, 9.17) is 0 Å². The molecule has 0 aromatic heterocycles. The van der Waals surface area contributed by atoms with Crippen LogP contribution in [0.1, 0.15) is 22.8 Å². The second-order valence-corrected chi connectivity index (χ2v) is 2.87. The fraction of sp³-hybridized carbons (Fsp3) is 0.333. The molecule has 1 heteroatoms. The summed E-state index contributed by atoms with van der Waals surface area (Å²) in [5, 5.41) is 9.28. The van der Waals surface area contributed by atoms with Gasteiger partial charge in [-0.1, -0.05) is 18.2 Å². The summed E-state index contributed by atoms with van der Waals surface area (Å²) in [7, 11) is 0. The van der Waals surface area contributed by atoms with Crippen LogP contribution in [0, 0.1) is 6.92 Å². The molecule has 0 bridgehead atoms. The average Bonchev–Trinajstić information content (AvgIpc) is 1.85. The molecule has 1 aliphatic carbocycles. The first-order valence-electron chi connectivity index (χ1n) is 3.55. The molecule has 1 N–H and O–H groups in total. The first-order valence-corrected chi connectivity index (χ1v) is 3.55. The van der Waals surface area contributed by atoms with Crippen molar-refractivity contribution in [3.05, 3.63) is 34.9 Å². The maximum absolute atomic E-state index is 9.28. The van der Waals surface area contributed by atoms with E-state index in [0.29, 0.717) is 0 Å². The standard InChI is InChI=1S/C9H10O/c1-6-3-2-4-7-5-8(10)9(6)7/h2-4,8,10H,5H2,1H3. The van der Waals surface area contributed by atoms with Crippen LogP contribution in [0.25, 0.3) is 0 Å². The Labute approximate surface area is 60.3 Å². The third-order valence-electron chi connectivity index (χ3n) is 2.16. The highest BCUT2D eigenvalue weighted by atomic mass is 16.3. The Morgan fingerprint density at radius 1 is 1.50 bits per heavy atom. The van der Waals surface area contributed by atoms with Gasteiger partial charge in [-0.25, -0.2) is 0 Å². The Morgan fingerprint density at radius 2 is 2.30 bits per heavy atom. The molecule has 2 rings (SSSR count). The lowest BCUT2D eigenvalue weighted by Crippen LogP contribution is -2.17. The van der Waals surface area contributed by atoms with Crippen LogP contribution in [0.3, 0.4) is 0 Å². The number of benzene rings is 1. The van der Waals surface area contributed by atoms with Gasteiger partial charge in [0.15, 0.2) is 0 Å². The van der Waals surface area contributed by atoms with Crippen LogP contribution in [-0.4, -0.2) is 5.11 Å². The van der Waals surface area contributed by atoms with E-state index in [-0.39, 0.29) is 6.10 Å². The Balaban J connectivity index is 2.58. The number of aliphatic hydroxyl groups excluding tert-OH is 1. The predicted octanol–water partition coefficient (Wildman–Crippen LogP) is 1.58. The van der Waals surface area contributed by atoms with E-state index in [0.717, 1.165) is 12.0 Å². The Kier molecular flexibility index (Phi) is 1.08. The molecule has 52 valence electrons. The van der Waals surface area contributed by atoms with Crippen LogP contribution >= 0.6 is 0 Å².